The smallest absolute Gasteiger partial charge is 0.0923 e. The average Bonchev–Trinajstić information content (AvgIpc) is 1.96. The van der Waals surface area contributed by atoms with E-state index in [2.05, 4.69) is 32.3 Å². The molecule has 2 heteroatoms. The van der Waals surface area contributed by atoms with Gasteiger partial charge in [0.25, 0.3) is 0 Å². The molecule has 0 aromatic carbocycles. The van der Waals surface area contributed by atoms with Gasteiger partial charge in [0.05, 0.1) is 5.60 Å². The molecule has 1 N–H and O–H groups in total. The molecule has 1 saturated heterocycles. The normalized spacial score (nSPS) is 25.1. The molecule has 0 aromatic rings. The van der Waals surface area contributed by atoms with E-state index < -0.39 is 5.60 Å². The monoisotopic (exact) mass is 169 g/mol. The molecule has 0 radical (unpaired) electrons. The Morgan fingerprint density at radius 2 is 1.92 bits per heavy atom. The Morgan fingerprint density at radius 3 is 2.25 bits per heavy atom. The second kappa shape index (κ2) is 3.19. The van der Waals surface area contributed by atoms with Gasteiger partial charge in [-0.3, -0.25) is 4.90 Å². The first kappa shape index (κ1) is 9.75. The van der Waals surface area contributed by atoms with E-state index in [0.717, 1.165) is 13.1 Å². The summed E-state index contributed by atoms with van der Waals surface area (Å²) in [6.07, 6.45) is 1.92. The molecule has 1 fully saturated rings. The molecular weight excluding hydrogens is 150 g/mol. The van der Waals surface area contributed by atoms with Crippen LogP contribution in [0.15, 0.2) is 12.7 Å². The first-order valence-corrected chi connectivity index (χ1v) is 4.58. The van der Waals surface area contributed by atoms with Crippen LogP contribution in [0.1, 0.15) is 20.8 Å². The standard InChI is InChI=1S/C10H19NO/c1-5-9(4)11-6-10(12,7-11)8(2)3/h5,8-9,12H,1,6-7H2,2-4H3. The maximum Gasteiger partial charge on any atom is 0.0923 e. The average molecular weight is 169 g/mol. The van der Waals surface area contributed by atoms with Crippen molar-refractivity contribution < 1.29 is 5.11 Å². The van der Waals surface area contributed by atoms with Crippen LogP contribution in [0.2, 0.25) is 0 Å². The Labute approximate surface area is 74.9 Å². The van der Waals surface area contributed by atoms with Crippen LogP contribution < -0.4 is 0 Å². The molecule has 0 spiro atoms. The molecule has 0 amide bonds. The van der Waals surface area contributed by atoms with E-state index in [4.69, 9.17) is 0 Å². The summed E-state index contributed by atoms with van der Waals surface area (Å²) in [4.78, 5) is 2.23. The van der Waals surface area contributed by atoms with Gasteiger partial charge in [0.2, 0.25) is 0 Å². The van der Waals surface area contributed by atoms with E-state index in [-0.39, 0.29) is 0 Å². The predicted molar refractivity (Wildman–Crippen MR) is 51.0 cm³/mol. The second-order valence-corrected chi connectivity index (χ2v) is 4.14. The Balaban J connectivity index is 2.41. The highest BCUT2D eigenvalue weighted by Crippen LogP contribution is 2.29. The summed E-state index contributed by atoms with van der Waals surface area (Å²) in [7, 11) is 0. The van der Waals surface area contributed by atoms with Crippen molar-refractivity contribution in [2.75, 3.05) is 13.1 Å². The molecule has 0 aliphatic carbocycles. The molecule has 1 atom stereocenters. The van der Waals surface area contributed by atoms with E-state index in [0.29, 0.717) is 12.0 Å². The maximum absolute atomic E-state index is 9.93. The fraction of sp³-hybridized carbons (Fsp3) is 0.800. The molecule has 1 aliphatic heterocycles. The van der Waals surface area contributed by atoms with Gasteiger partial charge in [-0.15, -0.1) is 6.58 Å². The van der Waals surface area contributed by atoms with Crippen LogP contribution in [-0.2, 0) is 0 Å². The lowest BCUT2D eigenvalue weighted by Crippen LogP contribution is -2.66. The van der Waals surface area contributed by atoms with Crippen LogP contribution in [0.3, 0.4) is 0 Å². The minimum Gasteiger partial charge on any atom is -0.387 e. The van der Waals surface area contributed by atoms with Crippen molar-refractivity contribution >= 4 is 0 Å². The zero-order chi connectivity index (χ0) is 9.35. The van der Waals surface area contributed by atoms with Crippen LogP contribution in [0.25, 0.3) is 0 Å². The van der Waals surface area contributed by atoms with Crippen molar-refractivity contribution in [2.24, 2.45) is 5.92 Å². The van der Waals surface area contributed by atoms with Crippen molar-refractivity contribution in [1.82, 2.24) is 4.90 Å². The quantitative estimate of drug-likeness (QED) is 0.643. The van der Waals surface area contributed by atoms with Crippen molar-refractivity contribution in [2.45, 2.75) is 32.4 Å². The lowest BCUT2D eigenvalue weighted by Gasteiger charge is -2.51. The van der Waals surface area contributed by atoms with Crippen LogP contribution in [0.5, 0.6) is 0 Å². The molecule has 1 aliphatic rings. The fourth-order valence-corrected chi connectivity index (χ4v) is 1.46. The van der Waals surface area contributed by atoms with Crippen LogP contribution in [-0.4, -0.2) is 34.7 Å². The molecule has 1 heterocycles. The van der Waals surface area contributed by atoms with E-state index in [9.17, 15) is 5.11 Å². The largest absolute Gasteiger partial charge is 0.387 e. The van der Waals surface area contributed by atoms with Gasteiger partial charge >= 0.3 is 0 Å². The fourth-order valence-electron chi connectivity index (χ4n) is 1.46. The summed E-state index contributed by atoms with van der Waals surface area (Å²) in [6.45, 7) is 11.5. The Morgan fingerprint density at radius 1 is 1.42 bits per heavy atom. The van der Waals surface area contributed by atoms with Crippen LogP contribution in [0.4, 0.5) is 0 Å². The van der Waals surface area contributed by atoms with Gasteiger partial charge in [-0.05, 0) is 12.8 Å². The van der Waals surface area contributed by atoms with Crippen molar-refractivity contribution in [1.29, 1.82) is 0 Å². The lowest BCUT2D eigenvalue weighted by molar-refractivity contribution is -0.134. The molecule has 1 rings (SSSR count). The van der Waals surface area contributed by atoms with Crippen molar-refractivity contribution in [3.05, 3.63) is 12.7 Å². The van der Waals surface area contributed by atoms with Crippen molar-refractivity contribution in [3.8, 4) is 0 Å². The zero-order valence-corrected chi connectivity index (χ0v) is 8.25. The maximum atomic E-state index is 9.93. The number of aliphatic hydroxyl groups is 1. The first-order valence-electron chi connectivity index (χ1n) is 4.58. The third kappa shape index (κ3) is 1.54. The number of β-amino-alcohol motifs (C(OH)–C–C–N with tert-alkyl or cyclic N) is 1. The van der Waals surface area contributed by atoms with Gasteiger partial charge < -0.3 is 5.11 Å². The second-order valence-electron chi connectivity index (χ2n) is 4.14. The summed E-state index contributed by atoms with van der Waals surface area (Å²) in [5.41, 5.74) is -0.447. The highest BCUT2D eigenvalue weighted by atomic mass is 16.3. The third-order valence-corrected chi connectivity index (χ3v) is 2.95. The van der Waals surface area contributed by atoms with E-state index in [1.54, 1.807) is 0 Å². The molecule has 1 unspecified atom stereocenters. The highest BCUT2D eigenvalue weighted by molar-refractivity contribution is 5.02. The molecule has 0 saturated carbocycles. The lowest BCUT2D eigenvalue weighted by atomic mass is 9.82. The number of hydrogen-bond acceptors (Lipinski definition) is 2. The summed E-state index contributed by atoms with van der Waals surface area (Å²) in [6, 6.07) is 0.393. The molecule has 2 nitrogen and oxygen atoms in total. The van der Waals surface area contributed by atoms with E-state index in [1.807, 2.05) is 6.08 Å². The van der Waals surface area contributed by atoms with Crippen molar-refractivity contribution in [3.63, 3.8) is 0 Å². The van der Waals surface area contributed by atoms with Gasteiger partial charge in [-0.25, -0.2) is 0 Å². The number of rotatable bonds is 3. The molecule has 70 valence electrons. The first-order chi connectivity index (χ1) is 5.49. The van der Waals surface area contributed by atoms with Crippen LogP contribution >= 0.6 is 0 Å². The Hall–Kier alpha value is -0.340. The van der Waals surface area contributed by atoms with Gasteiger partial charge in [0.1, 0.15) is 0 Å². The van der Waals surface area contributed by atoms with E-state index >= 15 is 0 Å². The Kier molecular flexibility index (Phi) is 2.59. The summed E-state index contributed by atoms with van der Waals surface area (Å²) in [5, 5.41) is 9.93. The summed E-state index contributed by atoms with van der Waals surface area (Å²) in [5.74, 6) is 0.353. The molecule has 0 bridgehead atoms. The minimum atomic E-state index is -0.447. The summed E-state index contributed by atoms with van der Waals surface area (Å²) < 4.78 is 0. The molecule has 12 heavy (non-hydrogen) atoms. The highest BCUT2D eigenvalue weighted by Gasteiger charge is 2.44. The van der Waals surface area contributed by atoms with Gasteiger partial charge in [-0.1, -0.05) is 19.9 Å². The van der Waals surface area contributed by atoms with E-state index in [1.165, 1.54) is 0 Å². The SMILES string of the molecule is C=CC(C)N1CC(O)(C(C)C)C1. The minimum absolute atomic E-state index is 0.353. The zero-order valence-electron chi connectivity index (χ0n) is 8.25. The molecule has 0 aromatic heterocycles. The van der Waals surface area contributed by atoms with Gasteiger partial charge in [0, 0.05) is 19.1 Å². The number of hydrogen-bond donors (Lipinski definition) is 1. The van der Waals surface area contributed by atoms with Gasteiger partial charge in [-0.2, -0.15) is 0 Å². The van der Waals surface area contributed by atoms with Crippen LogP contribution in [0, 0.1) is 5.92 Å². The third-order valence-electron chi connectivity index (χ3n) is 2.95. The number of likely N-dealkylation sites (tertiary alicyclic amines) is 1. The van der Waals surface area contributed by atoms with Gasteiger partial charge in [0.15, 0.2) is 0 Å². The number of nitrogens with zero attached hydrogens (tertiary/aromatic N) is 1. The topological polar surface area (TPSA) is 23.5 Å². The predicted octanol–water partition coefficient (Wildman–Crippen LogP) is 1.26. The summed E-state index contributed by atoms with van der Waals surface area (Å²) >= 11 is 0. The Bertz CT molecular complexity index is 171. The molecular formula is C10H19NO.